The van der Waals surface area contributed by atoms with Gasteiger partial charge in [-0.2, -0.15) is 0 Å². The number of amides is 2. The fourth-order valence-electron chi connectivity index (χ4n) is 4.30. The van der Waals surface area contributed by atoms with Gasteiger partial charge in [-0.15, -0.1) is 0 Å². The van der Waals surface area contributed by atoms with E-state index < -0.39 is 46.4 Å². The van der Waals surface area contributed by atoms with Gasteiger partial charge in [-0.25, -0.2) is 17.9 Å². The number of sulfonamides is 1. The fourth-order valence-corrected chi connectivity index (χ4v) is 5.55. The number of ether oxygens (including phenoxy) is 1. The van der Waals surface area contributed by atoms with Gasteiger partial charge in [0.2, 0.25) is 15.9 Å². The van der Waals surface area contributed by atoms with Crippen molar-refractivity contribution >= 4 is 49.7 Å². The van der Waals surface area contributed by atoms with Gasteiger partial charge in [-0.3, -0.25) is 9.59 Å². The van der Waals surface area contributed by atoms with Crippen molar-refractivity contribution in [3.63, 3.8) is 0 Å². The molecule has 10 nitrogen and oxygen atoms in total. The Balaban J connectivity index is 1.34. The molecule has 0 spiro atoms. The van der Waals surface area contributed by atoms with Crippen LogP contribution in [0.3, 0.4) is 0 Å². The van der Waals surface area contributed by atoms with Gasteiger partial charge in [0.15, 0.2) is 5.78 Å². The minimum atomic E-state index is -4.06. The molecule has 0 saturated carbocycles. The van der Waals surface area contributed by atoms with Gasteiger partial charge in [0.05, 0.1) is 17.5 Å². The first-order chi connectivity index (χ1) is 19.5. The molecule has 2 amide bonds. The maximum Gasteiger partial charge on any atom is 0.408 e. The second-order valence-electron chi connectivity index (χ2n) is 10.2. The van der Waals surface area contributed by atoms with E-state index in [2.05, 4.69) is 15.4 Å². The van der Waals surface area contributed by atoms with Crippen LogP contribution in [0.2, 0.25) is 0 Å². The number of hydrogen-bond donors (Lipinski definition) is 3. The van der Waals surface area contributed by atoms with Crippen LogP contribution in [-0.2, 0) is 31.0 Å². The van der Waals surface area contributed by atoms with Gasteiger partial charge in [0.1, 0.15) is 23.8 Å². The summed E-state index contributed by atoms with van der Waals surface area (Å²) >= 11 is 0. The van der Waals surface area contributed by atoms with Crippen LogP contribution in [0.1, 0.15) is 32.8 Å². The third-order valence-corrected chi connectivity index (χ3v) is 7.98. The van der Waals surface area contributed by atoms with E-state index in [0.717, 1.165) is 10.9 Å². The largest absolute Gasteiger partial charge is 0.456 e. The molecule has 0 bridgehead atoms. The van der Waals surface area contributed by atoms with Crippen molar-refractivity contribution in [1.82, 2.24) is 15.4 Å². The Labute approximate surface area is 238 Å². The zero-order valence-corrected chi connectivity index (χ0v) is 23.9. The first-order valence-corrected chi connectivity index (χ1v) is 14.7. The number of fused-ring (bicyclic) bond motifs is 3. The zero-order chi connectivity index (χ0) is 29.6. The normalized spacial score (nSPS) is 13.2. The lowest BCUT2D eigenvalue weighted by molar-refractivity contribution is -0.127. The Hall–Kier alpha value is -4.22. The second-order valence-corrected chi connectivity index (χ2v) is 11.9. The smallest absolute Gasteiger partial charge is 0.408 e. The van der Waals surface area contributed by atoms with Gasteiger partial charge in [0.25, 0.3) is 0 Å². The molecule has 0 aliphatic heterocycles. The number of carbonyl (C=O) groups is 3. The molecule has 41 heavy (non-hydrogen) atoms. The predicted octanol–water partition coefficient (Wildman–Crippen LogP) is 4.28. The van der Waals surface area contributed by atoms with Crippen LogP contribution in [0.5, 0.6) is 0 Å². The molecule has 1 aromatic heterocycles. The van der Waals surface area contributed by atoms with Crippen LogP contribution in [0.25, 0.3) is 21.9 Å². The number of alkyl carbamates (subject to hydrolysis) is 1. The van der Waals surface area contributed by atoms with Crippen molar-refractivity contribution in [2.45, 2.75) is 50.8 Å². The molecule has 0 radical (unpaired) electrons. The molecule has 0 saturated heterocycles. The van der Waals surface area contributed by atoms with E-state index in [-0.39, 0.29) is 17.4 Å². The van der Waals surface area contributed by atoms with E-state index in [0.29, 0.717) is 23.0 Å². The number of para-hydroxylation sites is 1. The summed E-state index contributed by atoms with van der Waals surface area (Å²) < 4.78 is 39.5. The number of carbonyl (C=O) groups excluding carboxylic acids is 3. The summed E-state index contributed by atoms with van der Waals surface area (Å²) in [6, 6.07) is 18.8. The van der Waals surface area contributed by atoms with E-state index in [1.165, 1.54) is 19.1 Å². The predicted molar refractivity (Wildman–Crippen MR) is 155 cm³/mol. The van der Waals surface area contributed by atoms with Gasteiger partial charge in [0, 0.05) is 10.8 Å². The minimum absolute atomic E-state index is 0.0181. The quantitative estimate of drug-likeness (QED) is 0.227. The van der Waals surface area contributed by atoms with E-state index in [1.54, 1.807) is 12.1 Å². The molecule has 2 atom stereocenters. The van der Waals surface area contributed by atoms with E-state index in [4.69, 9.17) is 9.15 Å². The second kappa shape index (κ2) is 13.0. The average Bonchev–Trinajstić information content (AvgIpc) is 3.32. The number of furan rings is 1. The summed E-state index contributed by atoms with van der Waals surface area (Å²) in [7, 11) is -4.06. The lowest BCUT2D eigenvalue weighted by atomic mass is 10.0. The van der Waals surface area contributed by atoms with Crippen molar-refractivity contribution < 1.29 is 32.0 Å². The van der Waals surface area contributed by atoms with E-state index in [9.17, 15) is 22.8 Å². The number of hydrogen-bond acceptors (Lipinski definition) is 7. The zero-order valence-electron chi connectivity index (χ0n) is 23.0. The molecule has 0 aliphatic rings. The lowest BCUT2D eigenvalue weighted by Crippen LogP contribution is -2.50. The van der Waals surface area contributed by atoms with Crippen molar-refractivity contribution in [2.24, 2.45) is 5.92 Å². The first kappa shape index (κ1) is 29.8. The summed E-state index contributed by atoms with van der Waals surface area (Å²) in [6.45, 7) is 4.81. The van der Waals surface area contributed by atoms with Crippen molar-refractivity contribution in [2.75, 3.05) is 6.54 Å². The van der Waals surface area contributed by atoms with Crippen LogP contribution >= 0.6 is 0 Å². The molecular formula is C30H33N3O7S. The van der Waals surface area contributed by atoms with Crippen molar-refractivity contribution in [1.29, 1.82) is 0 Å². The topological polar surface area (TPSA) is 144 Å². The molecule has 3 aromatic carbocycles. The molecule has 4 aromatic rings. The molecule has 0 aliphatic carbocycles. The molecule has 11 heteroatoms. The minimum Gasteiger partial charge on any atom is -0.456 e. The maximum atomic E-state index is 13.1. The Morgan fingerprint density at radius 3 is 2.29 bits per heavy atom. The Kier molecular flexibility index (Phi) is 9.41. The molecule has 4 rings (SSSR count). The van der Waals surface area contributed by atoms with Crippen LogP contribution in [0.4, 0.5) is 4.79 Å². The molecule has 216 valence electrons. The molecule has 1 heterocycles. The Morgan fingerprint density at radius 2 is 1.56 bits per heavy atom. The summed E-state index contributed by atoms with van der Waals surface area (Å²) in [5.41, 5.74) is 1.98. The SMILES string of the molecule is CC(C)C[C@H](NC(=O)OCc1ccccc1)C(=O)NCC(=O)[C@H](C)NS(=O)(=O)c1ccc2oc3ccccc3c2c1. The molecule has 0 unspecified atom stereocenters. The van der Waals surface area contributed by atoms with E-state index in [1.807, 2.05) is 62.4 Å². The lowest BCUT2D eigenvalue weighted by Gasteiger charge is -2.20. The average molecular weight is 580 g/mol. The summed E-state index contributed by atoms with van der Waals surface area (Å²) in [6.07, 6.45) is -0.446. The standard InChI is InChI=1S/C30H33N3O7S/c1-19(2)15-25(32-30(36)39-18-21-9-5-4-6-10-21)29(35)31-17-26(34)20(3)33-41(37,38)22-13-14-28-24(16-22)23-11-7-8-12-27(23)40-28/h4-14,16,19-20,25,33H,15,17-18H2,1-3H3,(H,31,35)(H,32,36)/t20-,25-/m0/s1. The molecule has 0 fully saturated rings. The number of benzene rings is 3. The highest BCUT2D eigenvalue weighted by Gasteiger charge is 2.26. The third-order valence-electron chi connectivity index (χ3n) is 6.44. The Morgan fingerprint density at radius 1 is 0.878 bits per heavy atom. The highest BCUT2D eigenvalue weighted by molar-refractivity contribution is 7.89. The van der Waals surface area contributed by atoms with Crippen LogP contribution < -0.4 is 15.4 Å². The van der Waals surface area contributed by atoms with E-state index >= 15 is 0 Å². The number of rotatable bonds is 12. The summed E-state index contributed by atoms with van der Waals surface area (Å²) in [5.74, 6) is -1.06. The molecular weight excluding hydrogens is 546 g/mol. The van der Waals surface area contributed by atoms with Gasteiger partial charge in [-0.05, 0) is 49.1 Å². The highest BCUT2D eigenvalue weighted by Crippen LogP contribution is 2.30. The summed E-state index contributed by atoms with van der Waals surface area (Å²) in [4.78, 5) is 37.9. The summed E-state index contributed by atoms with van der Waals surface area (Å²) in [5, 5.41) is 6.48. The number of nitrogens with one attached hydrogen (secondary N) is 3. The maximum absolute atomic E-state index is 13.1. The van der Waals surface area contributed by atoms with Gasteiger partial charge in [-0.1, -0.05) is 62.4 Å². The monoisotopic (exact) mass is 579 g/mol. The van der Waals surface area contributed by atoms with Crippen LogP contribution in [0.15, 0.2) is 82.1 Å². The third kappa shape index (κ3) is 7.71. The van der Waals surface area contributed by atoms with Gasteiger partial charge < -0.3 is 19.8 Å². The van der Waals surface area contributed by atoms with Crippen LogP contribution in [0, 0.1) is 5.92 Å². The van der Waals surface area contributed by atoms with Crippen molar-refractivity contribution in [3.8, 4) is 0 Å². The Bertz CT molecular complexity index is 1650. The highest BCUT2D eigenvalue weighted by atomic mass is 32.2. The number of ketones is 1. The first-order valence-electron chi connectivity index (χ1n) is 13.2. The molecule has 3 N–H and O–H groups in total. The number of Topliss-reactive ketones (excluding diaryl/α,β-unsaturated/α-hetero) is 1. The van der Waals surface area contributed by atoms with Crippen LogP contribution in [-0.4, -0.2) is 44.8 Å². The van der Waals surface area contributed by atoms with Gasteiger partial charge >= 0.3 is 6.09 Å². The fraction of sp³-hybridized carbons (Fsp3) is 0.300. The van der Waals surface area contributed by atoms with Crippen molar-refractivity contribution in [3.05, 3.63) is 78.4 Å².